The van der Waals surface area contributed by atoms with Gasteiger partial charge in [-0.25, -0.2) is 0 Å². The second kappa shape index (κ2) is 5.75. The van der Waals surface area contributed by atoms with Gasteiger partial charge in [-0.05, 0) is 5.56 Å². The van der Waals surface area contributed by atoms with Crippen LogP contribution in [0.1, 0.15) is 11.1 Å². The van der Waals surface area contributed by atoms with Crippen molar-refractivity contribution in [2.24, 2.45) is 0 Å². The Morgan fingerprint density at radius 2 is 1.65 bits per heavy atom. The standard InChI is InChI=1S/C17H19NO2/c19-17(16-9-5-2-6-10-16)14-18(11-12-20-17)13-15-7-3-1-4-8-15/h1-10,19H,11-14H2/t17-/m1/s1. The third kappa shape index (κ3) is 2.90. The molecule has 3 rings (SSSR count). The molecule has 1 aliphatic heterocycles. The predicted octanol–water partition coefficient (Wildman–Crippen LogP) is 2.36. The van der Waals surface area contributed by atoms with Crippen LogP contribution in [0.2, 0.25) is 0 Å². The Morgan fingerprint density at radius 1 is 1.00 bits per heavy atom. The van der Waals surface area contributed by atoms with Crippen molar-refractivity contribution >= 4 is 0 Å². The van der Waals surface area contributed by atoms with Gasteiger partial charge in [0.25, 0.3) is 0 Å². The largest absolute Gasteiger partial charge is 0.361 e. The lowest BCUT2D eigenvalue weighted by atomic mass is 10.0. The lowest BCUT2D eigenvalue weighted by molar-refractivity contribution is -0.249. The Labute approximate surface area is 119 Å². The maximum absolute atomic E-state index is 10.7. The first-order valence-corrected chi connectivity index (χ1v) is 6.94. The van der Waals surface area contributed by atoms with Crippen molar-refractivity contribution in [1.82, 2.24) is 4.90 Å². The zero-order chi connectivity index (χ0) is 13.8. The number of morpholine rings is 1. The van der Waals surface area contributed by atoms with E-state index in [0.29, 0.717) is 13.2 Å². The molecule has 2 aromatic carbocycles. The Morgan fingerprint density at radius 3 is 2.35 bits per heavy atom. The van der Waals surface area contributed by atoms with Gasteiger partial charge in [-0.1, -0.05) is 60.7 Å². The van der Waals surface area contributed by atoms with Crippen molar-refractivity contribution in [3.05, 3.63) is 71.8 Å². The fourth-order valence-electron chi connectivity index (χ4n) is 2.62. The summed E-state index contributed by atoms with van der Waals surface area (Å²) in [6.45, 7) is 2.70. The summed E-state index contributed by atoms with van der Waals surface area (Å²) in [5.74, 6) is -1.20. The first-order chi connectivity index (χ1) is 9.76. The van der Waals surface area contributed by atoms with Crippen LogP contribution < -0.4 is 0 Å². The summed E-state index contributed by atoms with van der Waals surface area (Å²) in [7, 11) is 0. The summed E-state index contributed by atoms with van der Waals surface area (Å²) in [6, 6.07) is 19.9. The zero-order valence-corrected chi connectivity index (χ0v) is 11.4. The lowest BCUT2D eigenvalue weighted by Gasteiger charge is -2.39. The number of aliphatic hydroxyl groups is 1. The van der Waals surface area contributed by atoms with Crippen LogP contribution in [0.5, 0.6) is 0 Å². The van der Waals surface area contributed by atoms with E-state index in [1.165, 1.54) is 5.56 Å². The number of nitrogens with zero attached hydrogens (tertiary/aromatic N) is 1. The van der Waals surface area contributed by atoms with Gasteiger partial charge in [0.05, 0.1) is 13.2 Å². The molecule has 3 heteroatoms. The van der Waals surface area contributed by atoms with Crippen LogP contribution in [0.25, 0.3) is 0 Å². The van der Waals surface area contributed by atoms with E-state index >= 15 is 0 Å². The molecule has 104 valence electrons. The summed E-state index contributed by atoms with van der Waals surface area (Å²) in [6.07, 6.45) is 0. The Bertz CT molecular complexity index is 543. The van der Waals surface area contributed by atoms with Crippen LogP contribution in [0, 0.1) is 0 Å². The van der Waals surface area contributed by atoms with Crippen LogP contribution in [0.3, 0.4) is 0 Å². The van der Waals surface area contributed by atoms with Gasteiger partial charge in [0.2, 0.25) is 5.79 Å². The van der Waals surface area contributed by atoms with E-state index in [0.717, 1.165) is 18.7 Å². The Kier molecular flexibility index (Phi) is 3.83. The third-order valence-corrected chi connectivity index (χ3v) is 3.66. The molecule has 0 aromatic heterocycles. The van der Waals surface area contributed by atoms with Gasteiger partial charge >= 0.3 is 0 Å². The fraction of sp³-hybridized carbons (Fsp3) is 0.294. The molecular weight excluding hydrogens is 250 g/mol. The minimum Gasteiger partial charge on any atom is -0.361 e. The van der Waals surface area contributed by atoms with E-state index in [-0.39, 0.29) is 0 Å². The van der Waals surface area contributed by atoms with Gasteiger partial charge in [-0.3, -0.25) is 4.90 Å². The van der Waals surface area contributed by atoms with E-state index in [9.17, 15) is 5.11 Å². The highest BCUT2D eigenvalue weighted by atomic mass is 16.6. The van der Waals surface area contributed by atoms with Crippen molar-refractivity contribution < 1.29 is 9.84 Å². The number of hydrogen-bond acceptors (Lipinski definition) is 3. The molecule has 20 heavy (non-hydrogen) atoms. The number of rotatable bonds is 3. The molecule has 1 heterocycles. The predicted molar refractivity (Wildman–Crippen MR) is 78.0 cm³/mol. The highest BCUT2D eigenvalue weighted by Gasteiger charge is 2.36. The molecule has 0 aliphatic carbocycles. The molecule has 3 nitrogen and oxygen atoms in total. The maximum atomic E-state index is 10.7. The highest BCUT2D eigenvalue weighted by Crippen LogP contribution is 2.27. The van der Waals surface area contributed by atoms with E-state index in [4.69, 9.17) is 4.74 Å². The molecule has 0 saturated carbocycles. The van der Waals surface area contributed by atoms with Crippen molar-refractivity contribution in [1.29, 1.82) is 0 Å². The van der Waals surface area contributed by atoms with Gasteiger partial charge in [-0.15, -0.1) is 0 Å². The molecule has 0 spiro atoms. The summed E-state index contributed by atoms with van der Waals surface area (Å²) in [4.78, 5) is 2.23. The van der Waals surface area contributed by atoms with Crippen molar-refractivity contribution in [3.8, 4) is 0 Å². The normalized spacial score (nSPS) is 23.6. The van der Waals surface area contributed by atoms with E-state index in [1.54, 1.807) is 0 Å². The van der Waals surface area contributed by atoms with E-state index in [2.05, 4.69) is 17.0 Å². The fourth-order valence-corrected chi connectivity index (χ4v) is 2.62. The SMILES string of the molecule is O[C@]1(c2ccccc2)CN(Cc2ccccc2)CCO1. The number of ether oxygens (including phenoxy) is 1. The molecule has 1 saturated heterocycles. The average molecular weight is 269 g/mol. The minimum atomic E-state index is -1.20. The quantitative estimate of drug-likeness (QED) is 0.928. The second-order valence-corrected chi connectivity index (χ2v) is 5.20. The number of hydrogen-bond donors (Lipinski definition) is 1. The average Bonchev–Trinajstić information content (AvgIpc) is 2.49. The third-order valence-electron chi connectivity index (χ3n) is 3.66. The number of β-amino-alcohol motifs (C(OH)–C–C–N with tert-alkyl or cyclic N) is 1. The molecule has 1 N–H and O–H groups in total. The van der Waals surface area contributed by atoms with Crippen LogP contribution in [0.4, 0.5) is 0 Å². The molecule has 0 unspecified atom stereocenters. The zero-order valence-electron chi connectivity index (χ0n) is 11.4. The molecular formula is C17H19NO2. The smallest absolute Gasteiger partial charge is 0.205 e. The molecule has 1 aliphatic rings. The van der Waals surface area contributed by atoms with Crippen molar-refractivity contribution in [2.75, 3.05) is 19.7 Å². The summed E-state index contributed by atoms with van der Waals surface area (Å²) < 4.78 is 5.63. The summed E-state index contributed by atoms with van der Waals surface area (Å²) in [5, 5.41) is 10.7. The Balaban J connectivity index is 1.73. The van der Waals surface area contributed by atoms with Crippen LogP contribution in [-0.4, -0.2) is 29.7 Å². The monoisotopic (exact) mass is 269 g/mol. The summed E-state index contributed by atoms with van der Waals surface area (Å²) in [5.41, 5.74) is 2.07. The second-order valence-electron chi connectivity index (χ2n) is 5.20. The maximum Gasteiger partial charge on any atom is 0.205 e. The van der Waals surface area contributed by atoms with E-state index < -0.39 is 5.79 Å². The molecule has 1 atom stereocenters. The van der Waals surface area contributed by atoms with Gasteiger partial charge < -0.3 is 9.84 Å². The van der Waals surface area contributed by atoms with Crippen molar-refractivity contribution in [3.63, 3.8) is 0 Å². The highest BCUT2D eigenvalue weighted by molar-refractivity contribution is 5.21. The molecule has 2 aromatic rings. The van der Waals surface area contributed by atoms with Crippen LogP contribution >= 0.6 is 0 Å². The lowest BCUT2D eigenvalue weighted by Crippen LogP contribution is -2.49. The Hall–Kier alpha value is -1.68. The van der Waals surface area contributed by atoms with Crippen molar-refractivity contribution in [2.45, 2.75) is 12.3 Å². The molecule has 1 fully saturated rings. The first-order valence-electron chi connectivity index (χ1n) is 6.94. The molecule has 0 radical (unpaired) electrons. The van der Waals surface area contributed by atoms with Gasteiger partial charge in [0, 0.05) is 18.7 Å². The summed E-state index contributed by atoms with van der Waals surface area (Å²) >= 11 is 0. The van der Waals surface area contributed by atoms with E-state index in [1.807, 2.05) is 48.5 Å². The topological polar surface area (TPSA) is 32.7 Å². The number of benzene rings is 2. The molecule has 0 bridgehead atoms. The van der Waals surface area contributed by atoms with Crippen LogP contribution in [0.15, 0.2) is 60.7 Å². The van der Waals surface area contributed by atoms with Gasteiger partial charge in [0.15, 0.2) is 0 Å². The first kappa shape index (κ1) is 13.3. The van der Waals surface area contributed by atoms with Crippen LogP contribution in [-0.2, 0) is 17.1 Å². The minimum absolute atomic E-state index is 0.492. The van der Waals surface area contributed by atoms with Gasteiger partial charge in [0.1, 0.15) is 0 Å². The van der Waals surface area contributed by atoms with Gasteiger partial charge in [-0.2, -0.15) is 0 Å². The molecule has 0 amide bonds.